The summed E-state index contributed by atoms with van der Waals surface area (Å²) in [4.78, 5) is 12.0. The first-order valence-electron chi connectivity index (χ1n) is 6.39. The van der Waals surface area contributed by atoms with Crippen molar-refractivity contribution in [2.45, 2.75) is 37.8 Å². The summed E-state index contributed by atoms with van der Waals surface area (Å²) in [5.41, 5.74) is -0.215. The van der Waals surface area contributed by atoms with Crippen LogP contribution in [0.25, 0.3) is 0 Å². The first kappa shape index (κ1) is 13.9. The lowest BCUT2D eigenvalue weighted by atomic mass is 9.91. The van der Waals surface area contributed by atoms with Crippen LogP contribution in [0.3, 0.4) is 0 Å². The summed E-state index contributed by atoms with van der Waals surface area (Å²) in [6, 6.07) is 1.73. The second-order valence-electron chi connectivity index (χ2n) is 4.98. The van der Waals surface area contributed by atoms with Crippen molar-refractivity contribution in [1.29, 1.82) is 0 Å². The topological polar surface area (TPSA) is 40.5 Å². The van der Waals surface area contributed by atoms with Gasteiger partial charge in [-0.15, -0.1) is 0 Å². The van der Waals surface area contributed by atoms with E-state index in [1.54, 1.807) is 7.05 Å². The van der Waals surface area contributed by atoms with Crippen molar-refractivity contribution in [3.63, 3.8) is 0 Å². The van der Waals surface area contributed by atoms with Crippen LogP contribution in [0.4, 0.5) is 14.5 Å². The van der Waals surface area contributed by atoms with Crippen LogP contribution in [0.5, 0.6) is 0 Å². The zero-order chi connectivity index (χ0) is 14.0. The number of aliphatic hydroxyl groups excluding tert-OH is 1. The van der Waals surface area contributed by atoms with Gasteiger partial charge in [-0.25, -0.2) is 8.78 Å². The van der Waals surface area contributed by atoms with Crippen molar-refractivity contribution < 1.29 is 18.7 Å². The normalized spacial score (nSPS) is 23.2. The van der Waals surface area contributed by atoms with Crippen LogP contribution in [-0.2, 0) is 0 Å². The van der Waals surface area contributed by atoms with E-state index in [0.717, 1.165) is 25.0 Å². The molecule has 0 spiro atoms. The summed E-state index contributed by atoms with van der Waals surface area (Å²) in [6.07, 6.45) is 3.04. The van der Waals surface area contributed by atoms with Gasteiger partial charge in [0.05, 0.1) is 12.1 Å². The molecule has 0 bridgehead atoms. The number of nitrogens with zero attached hydrogens (tertiary/aromatic N) is 1. The highest BCUT2D eigenvalue weighted by molar-refractivity contribution is 5.76. The zero-order valence-electron chi connectivity index (χ0n) is 10.8. The number of anilines is 1. The Labute approximate surface area is 110 Å². The predicted octanol–water partition coefficient (Wildman–Crippen LogP) is 2.52. The van der Waals surface area contributed by atoms with Crippen LogP contribution in [-0.4, -0.2) is 30.6 Å². The Hall–Kier alpha value is -1.49. The van der Waals surface area contributed by atoms with Crippen LogP contribution in [0, 0.1) is 11.6 Å². The largest absolute Gasteiger partial charge is 0.391 e. The lowest BCUT2D eigenvalue weighted by molar-refractivity contribution is 0.105. The summed E-state index contributed by atoms with van der Waals surface area (Å²) in [5.74, 6) is -1.55. The van der Waals surface area contributed by atoms with Gasteiger partial charge in [0.25, 0.3) is 0 Å². The minimum absolute atomic E-state index is 0.0312. The molecule has 1 N–H and O–H groups in total. The molecule has 5 heteroatoms. The van der Waals surface area contributed by atoms with E-state index in [2.05, 4.69) is 0 Å². The van der Waals surface area contributed by atoms with Crippen LogP contribution in [0.15, 0.2) is 12.1 Å². The SMILES string of the molecule is CN(c1c(F)cc(C=O)cc1F)C1CCCCC1O. The molecule has 0 aliphatic heterocycles. The van der Waals surface area contributed by atoms with Crippen molar-refractivity contribution in [3.8, 4) is 0 Å². The van der Waals surface area contributed by atoms with Gasteiger partial charge in [0, 0.05) is 12.6 Å². The second kappa shape index (κ2) is 5.65. The average Bonchev–Trinajstić information content (AvgIpc) is 2.38. The maximum Gasteiger partial charge on any atom is 0.150 e. The van der Waals surface area contributed by atoms with E-state index in [1.165, 1.54) is 4.90 Å². The number of rotatable bonds is 3. The summed E-state index contributed by atoms with van der Waals surface area (Å²) < 4.78 is 27.8. The van der Waals surface area contributed by atoms with E-state index in [4.69, 9.17) is 0 Å². The van der Waals surface area contributed by atoms with E-state index >= 15 is 0 Å². The van der Waals surface area contributed by atoms with Gasteiger partial charge in [0.15, 0.2) is 0 Å². The van der Waals surface area contributed by atoms with Crippen LogP contribution >= 0.6 is 0 Å². The van der Waals surface area contributed by atoms with Crippen LogP contribution < -0.4 is 4.90 Å². The highest BCUT2D eigenvalue weighted by Crippen LogP contribution is 2.30. The molecule has 1 saturated carbocycles. The quantitative estimate of drug-likeness (QED) is 0.857. The average molecular weight is 269 g/mol. The minimum atomic E-state index is -0.776. The molecular weight excluding hydrogens is 252 g/mol. The van der Waals surface area contributed by atoms with E-state index in [-0.39, 0.29) is 17.3 Å². The maximum atomic E-state index is 13.9. The molecule has 0 radical (unpaired) electrons. The molecule has 1 fully saturated rings. The van der Waals surface area contributed by atoms with Gasteiger partial charge in [-0.05, 0) is 25.0 Å². The Morgan fingerprint density at radius 3 is 2.37 bits per heavy atom. The Morgan fingerprint density at radius 1 is 1.26 bits per heavy atom. The molecule has 19 heavy (non-hydrogen) atoms. The van der Waals surface area contributed by atoms with Crippen molar-refractivity contribution in [2.75, 3.05) is 11.9 Å². The summed E-state index contributed by atoms with van der Waals surface area (Å²) in [5, 5.41) is 9.94. The molecule has 0 saturated heterocycles. The number of halogens is 2. The van der Waals surface area contributed by atoms with Gasteiger partial charge in [-0.3, -0.25) is 4.79 Å². The summed E-state index contributed by atoms with van der Waals surface area (Å²) in [7, 11) is 1.57. The van der Waals surface area contributed by atoms with Gasteiger partial charge in [0.1, 0.15) is 23.6 Å². The predicted molar refractivity (Wildman–Crippen MR) is 68.4 cm³/mol. The number of hydrogen-bond donors (Lipinski definition) is 1. The molecule has 2 atom stereocenters. The number of hydrogen-bond acceptors (Lipinski definition) is 3. The fourth-order valence-electron chi connectivity index (χ4n) is 2.70. The van der Waals surface area contributed by atoms with Gasteiger partial charge in [0.2, 0.25) is 0 Å². The Morgan fingerprint density at radius 2 is 1.84 bits per heavy atom. The fourth-order valence-corrected chi connectivity index (χ4v) is 2.70. The van der Waals surface area contributed by atoms with E-state index in [1.807, 2.05) is 0 Å². The maximum absolute atomic E-state index is 13.9. The van der Waals surface area contributed by atoms with Gasteiger partial charge < -0.3 is 10.0 Å². The van der Waals surface area contributed by atoms with Crippen molar-refractivity contribution in [3.05, 3.63) is 29.3 Å². The van der Waals surface area contributed by atoms with E-state index in [9.17, 15) is 18.7 Å². The third-order valence-electron chi connectivity index (χ3n) is 3.72. The van der Waals surface area contributed by atoms with Gasteiger partial charge >= 0.3 is 0 Å². The summed E-state index contributed by atoms with van der Waals surface area (Å²) in [6.45, 7) is 0. The molecule has 1 aromatic carbocycles. The molecule has 0 heterocycles. The molecule has 2 unspecified atom stereocenters. The van der Waals surface area contributed by atoms with Gasteiger partial charge in [-0.1, -0.05) is 12.8 Å². The lowest BCUT2D eigenvalue weighted by Gasteiger charge is -2.36. The number of carbonyl (C=O) groups excluding carboxylic acids is 1. The number of carbonyl (C=O) groups is 1. The molecule has 1 aliphatic carbocycles. The summed E-state index contributed by atoms with van der Waals surface area (Å²) >= 11 is 0. The zero-order valence-corrected chi connectivity index (χ0v) is 10.8. The first-order chi connectivity index (χ1) is 9.04. The van der Waals surface area contributed by atoms with Crippen LogP contribution in [0.1, 0.15) is 36.0 Å². The number of likely N-dealkylation sites (N-methyl/N-ethyl adjacent to an activating group) is 1. The molecule has 0 amide bonds. The Balaban J connectivity index is 2.32. The monoisotopic (exact) mass is 269 g/mol. The first-order valence-corrected chi connectivity index (χ1v) is 6.39. The third-order valence-corrected chi connectivity index (χ3v) is 3.72. The highest BCUT2D eigenvalue weighted by Gasteiger charge is 2.29. The van der Waals surface area contributed by atoms with E-state index < -0.39 is 17.7 Å². The second-order valence-corrected chi connectivity index (χ2v) is 4.98. The number of aliphatic hydroxyl groups is 1. The van der Waals surface area contributed by atoms with Crippen LogP contribution in [0.2, 0.25) is 0 Å². The fraction of sp³-hybridized carbons (Fsp3) is 0.500. The highest BCUT2D eigenvalue weighted by atomic mass is 19.1. The number of benzene rings is 1. The molecule has 104 valence electrons. The minimum Gasteiger partial charge on any atom is -0.391 e. The van der Waals surface area contributed by atoms with E-state index in [0.29, 0.717) is 19.1 Å². The Kier molecular flexibility index (Phi) is 4.14. The molecular formula is C14H17F2NO2. The standard InChI is InChI=1S/C14H17F2NO2/c1-17(12-4-2-3-5-13(12)19)14-10(15)6-9(8-18)7-11(14)16/h6-8,12-13,19H,2-5H2,1H3. The molecule has 0 aromatic heterocycles. The number of aldehydes is 1. The van der Waals surface area contributed by atoms with Gasteiger partial charge in [-0.2, -0.15) is 0 Å². The van der Waals surface area contributed by atoms with Crippen molar-refractivity contribution in [2.24, 2.45) is 0 Å². The molecule has 1 aliphatic rings. The molecule has 2 rings (SSSR count). The molecule has 3 nitrogen and oxygen atoms in total. The Bertz CT molecular complexity index is 456. The molecule has 1 aromatic rings. The van der Waals surface area contributed by atoms with Crippen molar-refractivity contribution >= 4 is 12.0 Å². The lowest BCUT2D eigenvalue weighted by Crippen LogP contribution is -2.44. The smallest absolute Gasteiger partial charge is 0.150 e. The third kappa shape index (κ3) is 2.76. The van der Waals surface area contributed by atoms with Crippen molar-refractivity contribution in [1.82, 2.24) is 0 Å².